The summed E-state index contributed by atoms with van der Waals surface area (Å²) in [5.41, 5.74) is 2.56. The number of ketones is 1. The first-order chi connectivity index (χ1) is 7.17. The minimum Gasteiger partial charge on any atom is -0.298 e. The summed E-state index contributed by atoms with van der Waals surface area (Å²) in [5, 5.41) is 0. The molecule has 1 aromatic carbocycles. The van der Waals surface area contributed by atoms with Crippen molar-refractivity contribution in [3.8, 4) is 0 Å². The first kappa shape index (κ1) is 12.4. The van der Waals surface area contributed by atoms with Crippen molar-refractivity contribution < 1.29 is 4.79 Å². The van der Waals surface area contributed by atoms with Crippen molar-refractivity contribution in [2.45, 2.75) is 37.9 Å². The van der Waals surface area contributed by atoms with Crippen molar-refractivity contribution in [1.29, 1.82) is 0 Å². The summed E-state index contributed by atoms with van der Waals surface area (Å²) in [6.07, 6.45) is 2.44. The van der Waals surface area contributed by atoms with Crippen LogP contribution in [0, 0.1) is 0 Å². The van der Waals surface area contributed by atoms with E-state index in [9.17, 15) is 4.79 Å². The molecule has 1 atom stereocenters. The normalized spacial score (nSPS) is 12.5. The van der Waals surface area contributed by atoms with Gasteiger partial charge in [-0.2, -0.15) is 0 Å². The summed E-state index contributed by atoms with van der Waals surface area (Å²) >= 11 is 3.44. The van der Waals surface area contributed by atoms with Crippen LogP contribution in [0.25, 0.3) is 0 Å². The van der Waals surface area contributed by atoms with Gasteiger partial charge in [0.25, 0.3) is 0 Å². The lowest BCUT2D eigenvalue weighted by molar-refractivity contribution is -0.118. The fourth-order valence-electron chi connectivity index (χ4n) is 1.52. The third-order valence-corrected chi connectivity index (χ3v) is 3.35. The molecule has 1 unspecified atom stereocenters. The molecule has 15 heavy (non-hydrogen) atoms. The summed E-state index contributed by atoms with van der Waals surface area (Å²) in [7, 11) is 0. The van der Waals surface area contributed by atoms with Crippen LogP contribution in [-0.4, -0.2) is 10.6 Å². The van der Waals surface area contributed by atoms with Crippen LogP contribution in [0.2, 0.25) is 0 Å². The van der Waals surface area contributed by atoms with Crippen LogP contribution in [0.1, 0.15) is 31.4 Å². The van der Waals surface area contributed by atoms with Gasteiger partial charge in [-0.15, -0.1) is 0 Å². The monoisotopic (exact) mass is 268 g/mol. The van der Waals surface area contributed by atoms with Gasteiger partial charge < -0.3 is 0 Å². The predicted molar refractivity (Wildman–Crippen MR) is 67.5 cm³/mol. The molecule has 2 heteroatoms. The topological polar surface area (TPSA) is 17.1 Å². The van der Waals surface area contributed by atoms with Crippen molar-refractivity contribution in [1.82, 2.24) is 0 Å². The largest absolute Gasteiger partial charge is 0.298 e. The smallest absolute Gasteiger partial charge is 0.146 e. The Morgan fingerprint density at radius 1 is 1.33 bits per heavy atom. The number of hydrogen-bond acceptors (Lipinski definition) is 1. The number of benzene rings is 1. The summed E-state index contributed by atoms with van der Waals surface area (Å²) in [6.45, 7) is 4.04. The Morgan fingerprint density at radius 2 is 2.00 bits per heavy atom. The lowest BCUT2D eigenvalue weighted by atomic mass is 10.0. The standard InChI is InChI=1S/C13H17BrO/c1-3-10-6-5-7-11(8-10)9-12(14)13(15)4-2/h5-8,12H,3-4,9H2,1-2H3. The molecule has 0 aromatic heterocycles. The number of alkyl halides is 1. The summed E-state index contributed by atoms with van der Waals surface area (Å²) in [4.78, 5) is 11.4. The first-order valence-corrected chi connectivity index (χ1v) is 6.33. The summed E-state index contributed by atoms with van der Waals surface area (Å²) in [6, 6.07) is 8.44. The fourth-order valence-corrected chi connectivity index (χ4v) is 2.22. The summed E-state index contributed by atoms with van der Waals surface area (Å²) < 4.78 is 0. The molecule has 0 fully saturated rings. The van der Waals surface area contributed by atoms with Crippen molar-refractivity contribution in [2.24, 2.45) is 0 Å². The highest BCUT2D eigenvalue weighted by atomic mass is 79.9. The van der Waals surface area contributed by atoms with Crippen LogP contribution in [0.15, 0.2) is 24.3 Å². The number of Topliss-reactive ketones (excluding diaryl/α,β-unsaturated/α-hetero) is 1. The van der Waals surface area contributed by atoms with E-state index in [1.54, 1.807) is 0 Å². The average Bonchev–Trinajstić information content (AvgIpc) is 2.28. The Labute approximate surface area is 100 Å². The first-order valence-electron chi connectivity index (χ1n) is 5.42. The van der Waals surface area contributed by atoms with Gasteiger partial charge in [0.2, 0.25) is 0 Å². The van der Waals surface area contributed by atoms with Gasteiger partial charge in [-0.1, -0.05) is 54.0 Å². The maximum atomic E-state index is 11.4. The maximum absolute atomic E-state index is 11.4. The van der Waals surface area contributed by atoms with Gasteiger partial charge in [0.05, 0.1) is 4.83 Å². The number of carbonyl (C=O) groups excluding carboxylic acids is 1. The zero-order valence-corrected chi connectivity index (χ0v) is 10.9. The molecule has 0 radical (unpaired) electrons. The number of halogens is 1. The molecular weight excluding hydrogens is 252 g/mol. The van der Waals surface area contributed by atoms with E-state index in [1.807, 2.05) is 6.92 Å². The van der Waals surface area contributed by atoms with Crippen molar-refractivity contribution in [2.75, 3.05) is 0 Å². The quantitative estimate of drug-likeness (QED) is 0.747. The Morgan fingerprint density at radius 3 is 2.60 bits per heavy atom. The number of hydrogen-bond donors (Lipinski definition) is 0. The molecule has 1 nitrogen and oxygen atoms in total. The lowest BCUT2D eigenvalue weighted by Gasteiger charge is -2.08. The van der Waals surface area contributed by atoms with Gasteiger partial charge in [-0.3, -0.25) is 4.79 Å². The second-order valence-electron chi connectivity index (χ2n) is 3.67. The second kappa shape index (κ2) is 6.06. The Hall–Kier alpha value is -0.630. The molecule has 0 amide bonds. The minimum absolute atomic E-state index is 0.0328. The van der Waals surface area contributed by atoms with E-state index >= 15 is 0 Å². The molecule has 0 aliphatic rings. The highest BCUT2D eigenvalue weighted by Gasteiger charge is 2.12. The van der Waals surface area contributed by atoms with Crippen LogP contribution >= 0.6 is 15.9 Å². The molecule has 0 aliphatic carbocycles. The minimum atomic E-state index is -0.0328. The Bertz CT molecular complexity index is 333. The van der Waals surface area contributed by atoms with Gasteiger partial charge in [-0.05, 0) is 24.0 Å². The van der Waals surface area contributed by atoms with Crippen LogP contribution in [-0.2, 0) is 17.6 Å². The second-order valence-corrected chi connectivity index (χ2v) is 4.77. The Balaban J connectivity index is 2.67. The van der Waals surface area contributed by atoms with E-state index in [2.05, 4.69) is 47.1 Å². The molecule has 0 saturated carbocycles. The predicted octanol–water partition coefficient (Wildman–Crippen LogP) is 3.53. The SMILES string of the molecule is CCC(=O)C(Br)Cc1cccc(CC)c1. The van der Waals surface area contributed by atoms with Crippen LogP contribution in [0.3, 0.4) is 0 Å². The highest BCUT2D eigenvalue weighted by molar-refractivity contribution is 9.10. The third kappa shape index (κ3) is 3.78. The molecule has 0 N–H and O–H groups in total. The van der Waals surface area contributed by atoms with Crippen molar-refractivity contribution in [3.63, 3.8) is 0 Å². The van der Waals surface area contributed by atoms with E-state index in [1.165, 1.54) is 11.1 Å². The molecule has 0 aliphatic heterocycles. The maximum Gasteiger partial charge on any atom is 0.146 e. The number of rotatable bonds is 5. The van der Waals surface area contributed by atoms with Gasteiger partial charge in [-0.25, -0.2) is 0 Å². The van der Waals surface area contributed by atoms with E-state index in [0.717, 1.165) is 12.8 Å². The van der Waals surface area contributed by atoms with Gasteiger partial charge in [0, 0.05) is 6.42 Å². The van der Waals surface area contributed by atoms with Gasteiger partial charge in [0.1, 0.15) is 5.78 Å². The molecule has 82 valence electrons. The zero-order valence-electron chi connectivity index (χ0n) is 9.29. The van der Waals surface area contributed by atoms with E-state index in [-0.39, 0.29) is 10.6 Å². The van der Waals surface area contributed by atoms with Gasteiger partial charge in [0.15, 0.2) is 0 Å². The molecule has 1 aromatic rings. The van der Waals surface area contributed by atoms with E-state index in [4.69, 9.17) is 0 Å². The number of aryl methyl sites for hydroxylation is 1. The van der Waals surface area contributed by atoms with Crippen LogP contribution in [0.5, 0.6) is 0 Å². The molecular formula is C13H17BrO. The zero-order chi connectivity index (χ0) is 11.3. The number of carbonyl (C=O) groups is 1. The van der Waals surface area contributed by atoms with Crippen molar-refractivity contribution in [3.05, 3.63) is 35.4 Å². The molecule has 0 saturated heterocycles. The third-order valence-electron chi connectivity index (χ3n) is 2.51. The Kier molecular flexibility index (Phi) is 5.03. The fraction of sp³-hybridized carbons (Fsp3) is 0.462. The van der Waals surface area contributed by atoms with E-state index in [0.29, 0.717) is 6.42 Å². The molecule has 0 spiro atoms. The average molecular weight is 269 g/mol. The van der Waals surface area contributed by atoms with E-state index < -0.39 is 0 Å². The van der Waals surface area contributed by atoms with Crippen molar-refractivity contribution >= 4 is 21.7 Å². The molecule has 0 bridgehead atoms. The van der Waals surface area contributed by atoms with Crippen LogP contribution < -0.4 is 0 Å². The molecule has 1 rings (SSSR count). The molecule has 0 heterocycles. The van der Waals surface area contributed by atoms with Crippen LogP contribution in [0.4, 0.5) is 0 Å². The van der Waals surface area contributed by atoms with Gasteiger partial charge >= 0.3 is 0 Å². The lowest BCUT2D eigenvalue weighted by Crippen LogP contribution is -2.15. The summed E-state index contributed by atoms with van der Waals surface area (Å²) in [5.74, 6) is 0.275. The highest BCUT2D eigenvalue weighted by Crippen LogP contribution is 2.14.